The Morgan fingerprint density at radius 1 is 0.923 bits per heavy atom. The van der Waals surface area contributed by atoms with Crippen LogP contribution in [0.25, 0.3) is 0 Å². The Balaban J connectivity index is 2.10. The van der Waals surface area contributed by atoms with E-state index in [1.165, 1.54) is 35.2 Å². The second-order valence-electron chi connectivity index (χ2n) is 8.74. The fraction of sp³-hybridized carbons (Fsp3) is 0.259. The van der Waals surface area contributed by atoms with Crippen LogP contribution in [-0.2, 0) is 26.2 Å². The third-order valence-corrected chi connectivity index (χ3v) is 8.86. The molecule has 208 valence electrons. The predicted octanol–water partition coefficient (Wildman–Crippen LogP) is 6.36. The van der Waals surface area contributed by atoms with Gasteiger partial charge in [0.05, 0.1) is 10.6 Å². The average molecular weight is 631 g/mol. The molecule has 0 heterocycles. The number of nitrogens with one attached hydrogen (secondary N) is 1. The Morgan fingerprint density at radius 3 is 2.03 bits per heavy atom. The number of carbonyl (C=O) groups is 2. The lowest BCUT2D eigenvalue weighted by atomic mass is 10.1. The van der Waals surface area contributed by atoms with E-state index in [4.69, 9.17) is 46.4 Å². The minimum Gasteiger partial charge on any atom is -0.355 e. The summed E-state index contributed by atoms with van der Waals surface area (Å²) in [5, 5.41) is 3.66. The molecule has 0 fully saturated rings. The molecule has 1 unspecified atom stereocenters. The van der Waals surface area contributed by atoms with Gasteiger partial charge in [0, 0.05) is 38.7 Å². The van der Waals surface area contributed by atoms with Crippen molar-refractivity contribution in [2.75, 3.05) is 17.4 Å². The molecular weight excluding hydrogens is 604 g/mol. The average Bonchev–Trinajstić information content (AvgIpc) is 2.86. The van der Waals surface area contributed by atoms with Crippen molar-refractivity contribution in [1.29, 1.82) is 0 Å². The summed E-state index contributed by atoms with van der Waals surface area (Å²) in [6.07, 6.45) is 0. The van der Waals surface area contributed by atoms with Gasteiger partial charge in [-0.3, -0.25) is 13.9 Å². The van der Waals surface area contributed by atoms with Gasteiger partial charge >= 0.3 is 0 Å². The lowest BCUT2D eigenvalue weighted by molar-refractivity contribution is -0.139. The Labute approximate surface area is 248 Å². The summed E-state index contributed by atoms with van der Waals surface area (Å²) in [6, 6.07) is 14.4. The number of benzene rings is 3. The van der Waals surface area contributed by atoms with E-state index in [0.29, 0.717) is 22.2 Å². The zero-order valence-corrected chi connectivity index (χ0v) is 25.3. The number of hydrogen-bond donors (Lipinski definition) is 1. The summed E-state index contributed by atoms with van der Waals surface area (Å²) in [6.45, 7) is 4.67. The molecule has 7 nitrogen and oxygen atoms in total. The standard InChI is InChI=1S/C27H27Cl4N3O4S/c1-4-32-27(36)18(3)33(15-23-24(30)6-5-7-25(23)31)26(35)16-34(21-13-19(28)12-20(29)14-21)39(37,38)22-10-8-17(2)9-11-22/h5-14,18H,4,15-16H2,1-3H3,(H,32,36). The van der Waals surface area contributed by atoms with Gasteiger partial charge in [0.1, 0.15) is 12.6 Å². The second-order valence-corrected chi connectivity index (χ2v) is 12.3. The molecule has 0 aliphatic rings. The van der Waals surface area contributed by atoms with Gasteiger partial charge in [0.25, 0.3) is 10.0 Å². The normalized spacial score (nSPS) is 12.1. The first-order valence-electron chi connectivity index (χ1n) is 11.9. The molecular formula is C27H27Cl4N3O4S. The van der Waals surface area contributed by atoms with Gasteiger partial charge in [-0.2, -0.15) is 0 Å². The van der Waals surface area contributed by atoms with Crippen LogP contribution in [0.4, 0.5) is 5.69 Å². The summed E-state index contributed by atoms with van der Waals surface area (Å²) in [4.78, 5) is 27.9. The van der Waals surface area contributed by atoms with E-state index < -0.39 is 34.4 Å². The van der Waals surface area contributed by atoms with Crippen LogP contribution in [0.2, 0.25) is 20.1 Å². The predicted molar refractivity (Wildman–Crippen MR) is 157 cm³/mol. The quantitative estimate of drug-likeness (QED) is 0.283. The van der Waals surface area contributed by atoms with Crippen LogP contribution in [0.3, 0.4) is 0 Å². The van der Waals surface area contributed by atoms with E-state index >= 15 is 0 Å². The highest BCUT2D eigenvalue weighted by molar-refractivity contribution is 7.92. The molecule has 0 radical (unpaired) electrons. The van der Waals surface area contributed by atoms with E-state index in [2.05, 4.69) is 5.32 Å². The minimum absolute atomic E-state index is 0.0329. The first kappa shape index (κ1) is 31.0. The van der Waals surface area contributed by atoms with E-state index in [0.717, 1.165) is 9.87 Å². The van der Waals surface area contributed by atoms with Crippen molar-refractivity contribution in [3.8, 4) is 0 Å². The molecule has 3 aromatic rings. The monoisotopic (exact) mass is 629 g/mol. The maximum Gasteiger partial charge on any atom is 0.264 e. The van der Waals surface area contributed by atoms with Crippen molar-refractivity contribution in [3.05, 3.63) is 91.9 Å². The van der Waals surface area contributed by atoms with E-state index in [9.17, 15) is 18.0 Å². The third-order valence-electron chi connectivity index (χ3n) is 5.93. The van der Waals surface area contributed by atoms with Crippen LogP contribution < -0.4 is 9.62 Å². The zero-order valence-electron chi connectivity index (χ0n) is 21.4. The second kappa shape index (κ2) is 13.2. The van der Waals surface area contributed by atoms with Crippen LogP contribution in [-0.4, -0.2) is 44.3 Å². The molecule has 0 aliphatic carbocycles. The Hall–Kier alpha value is -2.49. The van der Waals surface area contributed by atoms with Gasteiger partial charge in [-0.05, 0) is 63.2 Å². The van der Waals surface area contributed by atoms with Gasteiger partial charge in [-0.1, -0.05) is 70.2 Å². The van der Waals surface area contributed by atoms with Crippen molar-refractivity contribution in [1.82, 2.24) is 10.2 Å². The lowest BCUT2D eigenvalue weighted by Crippen LogP contribution is -2.51. The number of hydrogen-bond acceptors (Lipinski definition) is 4. The SMILES string of the molecule is CCNC(=O)C(C)N(Cc1c(Cl)cccc1Cl)C(=O)CN(c1cc(Cl)cc(Cl)c1)S(=O)(=O)c1ccc(C)cc1. The van der Waals surface area contributed by atoms with Crippen LogP contribution in [0.5, 0.6) is 0 Å². The van der Waals surface area contributed by atoms with Gasteiger partial charge in [-0.25, -0.2) is 8.42 Å². The number of carbonyl (C=O) groups excluding carboxylic acids is 2. The Morgan fingerprint density at radius 2 is 1.49 bits per heavy atom. The maximum atomic E-state index is 13.9. The summed E-state index contributed by atoms with van der Waals surface area (Å²) >= 11 is 25.1. The number of rotatable bonds is 10. The maximum absolute atomic E-state index is 13.9. The molecule has 2 amide bonds. The molecule has 0 saturated carbocycles. The summed E-state index contributed by atoms with van der Waals surface area (Å²) in [5.74, 6) is -1.09. The molecule has 0 bridgehead atoms. The highest BCUT2D eigenvalue weighted by Gasteiger charge is 2.33. The minimum atomic E-state index is -4.26. The Kier molecular flexibility index (Phi) is 10.5. The molecule has 0 aliphatic heterocycles. The number of anilines is 1. The molecule has 1 N–H and O–H groups in total. The number of aryl methyl sites for hydroxylation is 1. The third kappa shape index (κ3) is 7.58. The molecule has 39 heavy (non-hydrogen) atoms. The van der Waals surface area contributed by atoms with Gasteiger partial charge < -0.3 is 10.2 Å². The summed E-state index contributed by atoms with van der Waals surface area (Å²) in [7, 11) is -4.26. The van der Waals surface area contributed by atoms with E-state index in [1.807, 2.05) is 6.92 Å². The van der Waals surface area contributed by atoms with Crippen LogP contribution in [0, 0.1) is 6.92 Å². The molecule has 3 aromatic carbocycles. The molecule has 3 rings (SSSR count). The van der Waals surface area contributed by atoms with Crippen molar-refractivity contribution in [2.45, 2.75) is 38.3 Å². The molecule has 12 heteroatoms. The number of sulfonamides is 1. The van der Waals surface area contributed by atoms with Crippen molar-refractivity contribution in [3.63, 3.8) is 0 Å². The first-order valence-corrected chi connectivity index (χ1v) is 14.9. The van der Waals surface area contributed by atoms with E-state index in [1.54, 1.807) is 44.2 Å². The highest BCUT2D eigenvalue weighted by atomic mass is 35.5. The first-order chi connectivity index (χ1) is 18.3. The summed E-state index contributed by atoms with van der Waals surface area (Å²) < 4.78 is 28.6. The van der Waals surface area contributed by atoms with Crippen molar-refractivity contribution >= 4 is 73.9 Å². The van der Waals surface area contributed by atoms with Gasteiger partial charge in [0.2, 0.25) is 11.8 Å². The Bertz CT molecular complexity index is 1430. The van der Waals surface area contributed by atoms with Gasteiger partial charge in [0.15, 0.2) is 0 Å². The topological polar surface area (TPSA) is 86.8 Å². The number of halogens is 4. The largest absolute Gasteiger partial charge is 0.355 e. The molecule has 0 spiro atoms. The molecule has 0 saturated heterocycles. The summed E-state index contributed by atoms with van der Waals surface area (Å²) in [5.41, 5.74) is 1.37. The van der Waals surface area contributed by atoms with Crippen LogP contribution in [0.15, 0.2) is 65.6 Å². The van der Waals surface area contributed by atoms with E-state index in [-0.39, 0.29) is 27.2 Å². The van der Waals surface area contributed by atoms with Crippen molar-refractivity contribution < 1.29 is 18.0 Å². The fourth-order valence-electron chi connectivity index (χ4n) is 3.81. The van der Waals surface area contributed by atoms with Crippen LogP contribution >= 0.6 is 46.4 Å². The lowest BCUT2D eigenvalue weighted by Gasteiger charge is -2.32. The smallest absolute Gasteiger partial charge is 0.264 e. The van der Waals surface area contributed by atoms with Crippen LogP contribution in [0.1, 0.15) is 25.0 Å². The number of amides is 2. The number of nitrogens with zero attached hydrogens (tertiary/aromatic N) is 2. The number of likely N-dealkylation sites (N-methyl/N-ethyl adjacent to an activating group) is 1. The molecule has 0 aromatic heterocycles. The zero-order chi connectivity index (χ0) is 28.9. The molecule has 1 atom stereocenters. The van der Waals surface area contributed by atoms with Gasteiger partial charge in [-0.15, -0.1) is 0 Å². The highest BCUT2D eigenvalue weighted by Crippen LogP contribution is 2.31. The fourth-order valence-corrected chi connectivity index (χ4v) is 6.24. The van der Waals surface area contributed by atoms with Crippen molar-refractivity contribution in [2.24, 2.45) is 0 Å².